The minimum atomic E-state index is -0.864. The molecule has 1 aromatic heterocycles. The van der Waals surface area contributed by atoms with Crippen molar-refractivity contribution < 1.29 is 13.6 Å². The lowest BCUT2D eigenvalue weighted by Gasteiger charge is -2.09. The summed E-state index contributed by atoms with van der Waals surface area (Å²) < 4.78 is 26.1. The molecule has 0 spiro atoms. The smallest absolute Gasteiger partial charge is 0.230 e. The van der Waals surface area contributed by atoms with E-state index in [1.165, 1.54) is 23.5 Å². The van der Waals surface area contributed by atoms with Crippen LogP contribution in [0.3, 0.4) is 0 Å². The van der Waals surface area contributed by atoms with Crippen molar-refractivity contribution in [3.8, 4) is 0 Å². The average Bonchev–Trinajstić information content (AvgIpc) is 2.90. The van der Waals surface area contributed by atoms with Crippen LogP contribution >= 0.6 is 23.7 Å². The number of aromatic nitrogens is 1. The molecular formula is C15H18ClF2N3OS. The minimum absolute atomic E-state index is 0. The predicted octanol–water partition coefficient (Wildman–Crippen LogP) is 3.23. The molecule has 1 aromatic carbocycles. The van der Waals surface area contributed by atoms with Crippen LogP contribution in [0.5, 0.6) is 0 Å². The first-order chi connectivity index (χ1) is 10.5. The van der Waals surface area contributed by atoms with Crippen molar-refractivity contribution >= 4 is 34.8 Å². The maximum absolute atomic E-state index is 13.2. The highest BCUT2D eigenvalue weighted by Crippen LogP contribution is 2.22. The van der Waals surface area contributed by atoms with Gasteiger partial charge in [0.25, 0.3) is 0 Å². The zero-order chi connectivity index (χ0) is 16.1. The van der Waals surface area contributed by atoms with Crippen molar-refractivity contribution in [2.75, 3.05) is 18.9 Å². The van der Waals surface area contributed by atoms with Gasteiger partial charge in [-0.2, -0.15) is 0 Å². The van der Waals surface area contributed by atoms with Crippen LogP contribution in [0.2, 0.25) is 0 Å². The van der Waals surface area contributed by atoms with Gasteiger partial charge in [-0.3, -0.25) is 4.79 Å². The molecule has 0 saturated heterocycles. The van der Waals surface area contributed by atoms with Crippen LogP contribution in [0.15, 0.2) is 24.4 Å². The summed E-state index contributed by atoms with van der Waals surface area (Å²) in [5.74, 6) is -2.00. The second kappa shape index (κ2) is 8.90. The van der Waals surface area contributed by atoms with Crippen LogP contribution in [0, 0.1) is 17.6 Å². The van der Waals surface area contributed by atoms with E-state index in [-0.39, 0.29) is 24.2 Å². The molecule has 0 aliphatic heterocycles. The number of hydrogen-bond acceptors (Lipinski definition) is 4. The molecule has 1 heterocycles. The Bertz CT molecular complexity index is 666. The number of nitrogens with zero attached hydrogens (tertiary/aromatic N) is 1. The molecule has 0 bridgehead atoms. The highest BCUT2D eigenvalue weighted by Gasteiger charge is 2.14. The van der Waals surface area contributed by atoms with E-state index in [1.54, 1.807) is 13.2 Å². The molecule has 0 aliphatic rings. The fourth-order valence-electron chi connectivity index (χ4n) is 1.93. The van der Waals surface area contributed by atoms with Gasteiger partial charge < -0.3 is 10.6 Å². The quantitative estimate of drug-likeness (QED) is 0.830. The SMILES string of the molecule is CNCC(C)C(=O)Nc1ncc(Cc2ccc(F)c(F)c2)s1.Cl. The van der Waals surface area contributed by atoms with Crippen LogP contribution < -0.4 is 10.6 Å². The summed E-state index contributed by atoms with van der Waals surface area (Å²) >= 11 is 1.32. The second-order valence-corrected chi connectivity index (χ2v) is 6.12. The summed E-state index contributed by atoms with van der Waals surface area (Å²) in [6, 6.07) is 3.81. The van der Waals surface area contributed by atoms with E-state index < -0.39 is 11.6 Å². The molecule has 126 valence electrons. The molecule has 1 unspecified atom stereocenters. The first-order valence-electron chi connectivity index (χ1n) is 6.83. The maximum Gasteiger partial charge on any atom is 0.230 e. The monoisotopic (exact) mass is 361 g/mol. The Morgan fingerprint density at radius 1 is 1.35 bits per heavy atom. The largest absolute Gasteiger partial charge is 0.319 e. The summed E-state index contributed by atoms with van der Waals surface area (Å²) in [5, 5.41) is 6.19. The first-order valence-corrected chi connectivity index (χ1v) is 7.65. The summed E-state index contributed by atoms with van der Waals surface area (Å²) in [6.07, 6.45) is 2.07. The molecule has 8 heteroatoms. The first kappa shape index (κ1) is 19.5. The topological polar surface area (TPSA) is 54.0 Å². The molecule has 0 saturated carbocycles. The van der Waals surface area contributed by atoms with Gasteiger partial charge in [-0.25, -0.2) is 13.8 Å². The molecule has 0 aliphatic carbocycles. The van der Waals surface area contributed by atoms with Gasteiger partial charge in [0, 0.05) is 30.0 Å². The fraction of sp³-hybridized carbons (Fsp3) is 0.333. The minimum Gasteiger partial charge on any atom is -0.319 e. The summed E-state index contributed by atoms with van der Waals surface area (Å²) in [5.41, 5.74) is 0.656. The number of carbonyl (C=O) groups excluding carboxylic acids is 1. The Hall–Kier alpha value is -1.57. The third-order valence-corrected chi connectivity index (χ3v) is 4.02. The van der Waals surface area contributed by atoms with Crippen molar-refractivity contribution in [1.29, 1.82) is 0 Å². The standard InChI is InChI=1S/C15H17F2N3OS.ClH/c1-9(7-18-2)14(21)20-15-19-8-11(22-15)5-10-3-4-12(16)13(17)6-10;/h3-4,6,8-9,18H,5,7H2,1-2H3,(H,19,20,21);1H. The third kappa shape index (κ3) is 5.53. The van der Waals surface area contributed by atoms with Crippen LogP contribution in [0.4, 0.5) is 13.9 Å². The van der Waals surface area contributed by atoms with Gasteiger partial charge in [0.1, 0.15) is 0 Å². The van der Waals surface area contributed by atoms with Crippen molar-refractivity contribution in [3.05, 3.63) is 46.5 Å². The fourth-order valence-corrected chi connectivity index (χ4v) is 2.77. The van der Waals surface area contributed by atoms with Crippen LogP contribution in [-0.4, -0.2) is 24.5 Å². The molecule has 1 atom stereocenters. The molecule has 23 heavy (non-hydrogen) atoms. The number of amides is 1. The van der Waals surface area contributed by atoms with Crippen LogP contribution in [-0.2, 0) is 11.2 Å². The van der Waals surface area contributed by atoms with E-state index in [2.05, 4.69) is 15.6 Å². The third-order valence-electron chi connectivity index (χ3n) is 3.10. The molecule has 1 amide bonds. The number of benzene rings is 1. The summed E-state index contributed by atoms with van der Waals surface area (Å²) in [7, 11) is 1.78. The van der Waals surface area contributed by atoms with Crippen LogP contribution in [0.1, 0.15) is 17.4 Å². The Morgan fingerprint density at radius 2 is 2.09 bits per heavy atom. The van der Waals surface area contributed by atoms with E-state index in [1.807, 2.05) is 6.92 Å². The lowest BCUT2D eigenvalue weighted by molar-refractivity contribution is -0.119. The van der Waals surface area contributed by atoms with Crippen molar-refractivity contribution in [1.82, 2.24) is 10.3 Å². The number of anilines is 1. The zero-order valence-corrected chi connectivity index (χ0v) is 14.4. The van der Waals surface area contributed by atoms with E-state index in [0.717, 1.165) is 10.9 Å². The van der Waals surface area contributed by atoms with E-state index in [0.29, 0.717) is 23.7 Å². The van der Waals surface area contributed by atoms with Gasteiger partial charge in [0.15, 0.2) is 16.8 Å². The van der Waals surface area contributed by atoms with Gasteiger partial charge >= 0.3 is 0 Å². The van der Waals surface area contributed by atoms with Gasteiger partial charge in [0.2, 0.25) is 5.91 Å². The van der Waals surface area contributed by atoms with Gasteiger partial charge in [0.05, 0.1) is 0 Å². The Morgan fingerprint density at radius 3 is 2.74 bits per heavy atom. The van der Waals surface area contributed by atoms with Gasteiger partial charge in [-0.15, -0.1) is 23.7 Å². The lowest BCUT2D eigenvalue weighted by Crippen LogP contribution is -2.28. The molecule has 2 N–H and O–H groups in total. The zero-order valence-electron chi connectivity index (χ0n) is 12.7. The van der Waals surface area contributed by atoms with Crippen molar-refractivity contribution in [2.24, 2.45) is 5.92 Å². The van der Waals surface area contributed by atoms with E-state index in [4.69, 9.17) is 0 Å². The summed E-state index contributed by atoms with van der Waals surface area (Å²) in [4.78, 5) is 16.9. The van der Waals surface area contributed by atoms with Gasteiger partial charge in [-0.1, -0.05) is 13.0 Å². The average molecular weight is 362 g/mol. The highest BCUT2D eigenvalue weighted by atomic mass is 35.5. The highest BCUT2D eigenvalue weighted by molar-refractivity contribution is 7.15. The molecule has 4 nitrogen and oxygen atoms in total. The normalized spacial score (nSPS) is 11.7. The number of hydrogen-bond donors (Lipinski definition) is 2. The van der Waals surface area contributed by atoms with E-state index >= 15 is 0 Å². The Balaban J connectivity index is 0.00000264. The Labute approximate surface area is 143 Å². The van der Waals surface area contributed by atoms with Gasteiger partial charge in [-0.05, 0) is 24.7 Å². The number of nitrogens with one attached hydrogen (secondary N) is 2. The molecule has 2 rings (SSSR count). The molecule has 2 aromatic rings. The molecule has 0 radical (unpaired) electrons. The van der Waals surface area contributed by atoms with Crippen molar-refractivity contribution in [3.63, 3.8) is 0 Å². The number of carbonyl (C=O) groups is 1. The summed E-state index contributed by atoms with van der Waals surface area (Å²) in [6.45, 7) is 2.40. The number of thiazole rings is 1. The molecule has 0 fully saturated rings. The molecular weight excluding hydrogens is 344 g/mol. The predicted molar refractivity (Wildman–Crippen MR) is 90.2 cm³/mol. The van der Waals surface area contributed by atoms with Crippen LogP contribution in [0.25, 0.3) is 0 Å². The van der Waals surface area contributed by atoms with Crippen molar-refractivity contribution in [2.45, 2.75) is 13.3 Å². The number of halogens is 3. The lowest BCUT2D eigenvalue weighted by atomic mass is 10.1. The number of rotatable bonds is 6. The second-order valence-electron chi connectivity index (χ2n) is 5.00. The van der Waals surface area contributed by atoms with E-state index in [9.17, 15) is 13.6 Å². The Kier molecular flexibility index (Phi) is 7.54. The maximum atomic E-state index is 13.2.